The van der Waals surface area contributed by atoms with Crippen molar-refractivity contribution in [2.45, 2.75) is 19.2 Å². The molecule has 0 aliphatic heterocycles. The highest BCUT2D eigenvalue weighted by Gasteiger charge is 2.61. The third-order valence-corrected chi connectivity index (χ3v) is 1.76. The van der Waals surface area contributed by atoms with Crippen LogP contribution < -0.4 is 10.1 Å². The lowest BCUT2D eigenvalue weighted by Gasteiger charge is -2.20. The fourth-order valence-corrected chi connectivity index (χ4v) is 1.03. The van der Waals surface area contributed by atoms with E-state index in [0.717, 1.165) is 12.1 Å². The molecule has 0 radical (unpaired) electrons. The predicted molar refractivity (Wildman–Crippen MR) is 55.1 cm³/mol. The minimum atomic E-state index is -5.77. The number of nitrogens with one attached hydrogen (secondary N) is 2. The molecule has 0 bridgehead atoms. The van der Waals surface area contributed by atoms with Gasteiger partial charge in [0.05, 0.1) is 5.84 Å². The summed E-state index contributed by atoms with van der Waals surface area (Å²) in [6.45, 7) is 1.45. The van der Waals surface area contributed by atoms with Crippen LogP contribution in [0.15, 0.2) is 24.3 Å². The van der Waals surface area contributed by atoms with E-state index in [4.69, 9.17) is 5.41 Å². The molecule has 1 rings (SSSR count). The van der Waals surface area contributed by atoms with E-state index >= 15 is 0 Å². The number of halogens is 5. The fourth-order valence-electron chi connectivity index (χ4n) is 1.03. The Hall–Kier alpha value is -1.86. The lowest BCUT2D eigenvalue weighted by atomic mass is 10.3. The van der Waals surface area contributed by atoms with E-state index in [0.29, 0.717) is 5.69 Å². The molecule has 18 heavy (non-hydrogen) atoms. The van der Waals surface area contributed by atoms with Gasteiger partial charge in [0, 0.05) is 5.69 Å². The number of anilines is 1. The van der Waals surface area contributed by atoms with E-state index < -0.39 is 18.0 Å². The molecule has 0 atom stereocenters. The summed E-state index contributed by atoms with van der Waals surface area (Å²) in [7, 11) is 0. The van der Waals surface area contributed by atoms with Gasteiger partial charge in [-0.3, -0.25) is 5.41 Å². The molecule has 0 saturated heterocycles. The molecule has 8 heteroatoms. The molecule has 0 saturated carbocycles. The van der Waals surface area contributed by atoms with Gasteiger partial charge in [0.15, 0.2) is 0 Å². The van der Waals surface area contributed by atoms with E-state index in [2.05, 4.69) is 10.1 Å². The Morgan fingerprint density at radius 1 is 1.11 bits per heavy atom. The van der Waals surface area contributed by atoms with Gasteiger partial charge in [0.1, 0.15) is 5.75 Å². The Kier molecular flexibility index (Phi) is 3.78. The van der Waals surface area contributed by atoms with Gasteiger partial charge in [0.2, 0.25) is 0 Å². The summed E-state index contributed by atoms with van der Waals surface area (Å²) in [6, 6.07) is 4.34. The molecule has 0 spiro atoms. The third-order valence-electron chi connectivity index (χ3n) is 1.76. The number of benzene rings is 1. The van der Waals surface area contributed by atoms with Crippen molar-refractivity contribution >= 4 is 11.5 Å². The first-order valence-electron chi connectivity index (χ1n) is 4.67. The second-order valence-corrected chi connectivity index (χ2v) is 3.39. The highest BCUT2D eigenvalue weighted by molar-refractivity contribution is 5.90. The van der Waals surface area contributed by atoms with Crippen molar-refractivity contribution < 1.29 is 26.7 Å². The minimum Gasteiger partial charge on any atom is -0.426 e. The molecule has 100 valence electrons. The molecule has 2 N–H and O–H groups in total. The molecular weight excluding hydrogens is 259 g/mol. The first-order chi connectivity index (χ1) is 8.12. The van der Waals surface area contributed by atoms with Crippen LogP contribution in [-0.2, 0) is 0 Å². The molecule has 0 unspecified atom stereocenters. The van der Waals surface area contributed by atoms with E-state index in [9.17, 15) is 22.0 Å². The van der Waals surface area contributed by atoms with Gasteiger partial charge in [-0.25, -0.2) is 0 Å². The Labute approximate surface area is 99.1 Å². The third kappa shape index (κ3) is 3.57. The molecular formula is C10H9F5N2O. The predicted octanol–water partition coefficient (Wildman–Crippen LogP) is 3.63. The van der Waals surface area contributed by atoms with Crippen LogP contribution in [0.25, 0.3) is 0 Å². The maximum Gasteiger partial charge on any atom is 0.499 e. The minimum absolute atomic E-state index is 0.101. The smallest absolute Gasteiger partial charge is 0.426 e. The van der Waals surface area contributed by atoms with E-state index in [1.807, 2.05) is 0 Å². The molecule has 0 aromatic heterocycles. The summed E-state index contributed by atoms with van der Waals surface area (Å²) in [5, 5.41) is 9.64. The first kappa shape index (κ1) is 14.2. The Balaban J connectivity index is 2.78. The summed E-state index contributed by atoms with van der Waals surface area (Å²) in [6.07, 6.45) is -11.0. The maximum atomic E-state index is 12.5. The second-order valence-electron chi connectivity index (χ2n) is 3.39. The van der Waals surface area contributed by atoms with Crippen LogP contribution in [0.1, 0.15) is 6.92 Å². The SMILES string of the molecule is CC(=N)Nc1ccc(OC(F)(F)C(F)(F)F)cc1. The lowest BCUT2D eigenvalue weighted by Crippen LogP contribution is -2.41. The van der Waals surface area contributed by atoms with Gasteiger partial charge in [-0.05, 0) is 31.2 Å². The van der Waals surface area contributed by atoms with Gasteiger partial charge < -0.3 is 10.1 Å². The van der Waals surface area contributed by atoms with Gasteiger partial charge >= 0.3 is 12.3 Å². The molecule has 0 aliphatic rings. The average Bonchev–Trinajstić information content (AvgIpc) is 2.18. The molecule has 0 heterocycles. The van der Waals surface area contributed by atoms with Crippen LogP contribution in [0.4, 0.5) is 27.6 Å². The van der Waals surface area contributed by atoms with Crippen LogP contribution in [0.2, 0.25) is 0 Å². The zero-order valence-corrected chi connectivity index (χ0v) is 9.11. The summed E-state index contributed by atoms with van der Waals surface area (Å²) < 4.78 is 64.2. The van der Waals surface area contributed by atoms with Crippen molar-refractivity contribution in [3.05, 3.63) is 24.3 Å². The van der Waals surface area contributed by atoms with Crippen molar-refractivity contribution in [3.8, 4) is 5.75 Å². The van der Waals surface area contributed by atoms with Gasteiger partial charge in [-0.15, -0.1) is 0 Å². The topological polar surface area (TPSA) is 45.1 Å². The lowest BCUT2D eigenvalue weighted by molar-refractivity contribution is -0.360. The number of alkyl halides is 5. The van der Waals surface area contributed by atoms with Crippen molar-refractivity contribution in [1.29, 1.82) is 5.41 Å². The number of ether oxygens (including phenoxy) is 1. The van der Waals surface area contributed by atoms with Crippen molar-refractivity contribution in [3.63, 3.8) is 0 Å². The Morgan fingerprint density at radius 3 is 2.00 bits per heavy atom. The van der Waals surface area contributed by atoms with E-state index in [1.165, 1.54) is 19.1 Å². The average molecular weight is 268 g/mol. The monoisotopic (exact) mass is 268 g/mol. The molecule has 0 amide bonds. The van der Waals surface area contributed by atoms with Crippen LogP contribution >= 0.6 is 0 Å². The highest BCUT2D eigenvalue weighted by Crippen LogP contribution is 2.37. The van der Waals surface area contributed by atoms with Crippen LogP contribution in [0.5, 0.6) is 5.75 Å². The number of hydrogen-bond acceptors (Lipinski definition) is 2. The number of rotatable bonds is 3. The van der Waals surface area contributed by atoms with Crippen LogP contribution in [-0.4, -0.2) is 18.1 Å². The van der Waals surface area contributed by atoms with Gasteiger partial charge in [-0.1, -0.05) is 0 Å². The standard InChI is InChI=1S/C10H9F5N2O/c1-6(16)17-7-2-4-8(5-3-7)18-10(14,15)9(11,12)13/h2-5H,1H3,(H2,16,17). The van der Waals surface area contributed by atoms with E-state index in [1.54, 1.807) is 0 Å². The molecule has 3 nitrogen and oxygen atoms in total. The second kappa shape index (κ2) is 4.79. The quantitative estimate of drug-likeness (QED) is 0.499. The molecule has 0 fully saturated rings. The Bertz CT molecular complexity index is 427. The first-order valence-corrected chi connectivity index (χ1v) is 4.67. The summed E-state index contributed by atoms with van der Waals surface area (Å²) >= 11 is 0. The number of hydrogen-bond donors (Lipinski definition) is 2. The van der Waals surface area contributed by atoms with Crippen molar-refractivity contribution in [2.75, 3.05) is 5.32 Å². The summed E-state index contributed by atoms with van der Waals surface area (Å²) in [5.41, 5.74) is 0.380. The molecule has 1 aromatic carbocycles. The van der Waals surface area contributed by atoms with Gasteiger partial charge in [-0.2, -0.15) is 22.0 Å². The molecule has 1 aromatic rings. The van der Waals surface area contributed by atoms with Crippen molar-refractivity contribution in [2.24, 2.45) is 0 Å². The largest absolute Gasteiger partial charge is 0.499 e. The van der Waals surface area contributed by atoms with Crippen LogP contribution in [0.3, 0.4) is 0 Å². The molecule has 0 aliphatic carbocycles. The maximum absolute atomic E-state index is 12.5. The van der Waals surface area contributed by atoms with Gasteiger partial charge in [0.25, 0.3) is 0 Å². The Morgan fingerprint density at radius 2 is 1.61 bits per heavy atom. The van der Waals surface area contributed by atoms with Crippen LogP contribution in [0, 0.1) is 5.41 Å². The summed E-state index contributed by atoms with van der Waals surface area (Å²) in [5.74, 6) is -0.519. The van der Waals surface area contributed by atoms with E-state index in [-0.39, 0.29) is 5.84 Å². The fraction of sp³-hybridized carbons (Fsp3) is 0.300. The zero-order valence-electron chi connectivity index (χ0n) is 9.11. The summed E-state index contributed by atoms with van der Waals surface area (Å²) in [4.78, 5) is 0. The highest BCUT2D eigenvalue weighted by atomic mass is 19.4. The number of amidine groups is 1. The zero-order chi connectivity index (χ0) is 14.0. The van der Waals surface area contributed by atoms with Crippen molar-refractivity contribution in [1.82, 2.24) is 0 Å². The normalized spacial score (nSPS) is 12.1.